The zero-order valence-corrected chi connectivity index (χ0v) is 41.1. The molecule has 71 heavy (non-hydrogen) atoms. The molecule has 6 rings (SSSR count). The van der Waals surface area contributed by atoms with Crippen molar-refractivity contribution in [2.45, 2.75) is 39.9 Å². The number of non-ortho nitro benzene ring substituents is 1. The molecular formula is C52H59FN6O12. The summed E-state index contributed by atoms with van der Waals surface area (Å²) in [5.41, 5.74) is 26.3. The number of anilines is 5. The number of methoxy groups -OCH3 is 4. The molecule has 0 saturated heterocycles. The lowest BCUT2D eigenvalue weighted by atomic mass is 10.1. The summed E-state index contributed by atoms with van der Waals surface area (Å²) < 4.78 is 56.4. The normalized spacial score (nSPS) is 10.5. The highest BCUT2D eigenvalue weighted by atomic mass is 19.1. The number of nitrogen functional groups attached to an aromatic ring is 4. The molecule has 0 aromatic heterocycles. The highest BCUT2D eigenvalue weighted by Crippen LogP contribution is 2.37. The van der Waals surface area contributed by atoms with E-state index in [1.54, 1.807) is 36.4 Å². The molecule has 376 valence electrons. The number of carbonyl (C=O) groups is 2. The number of nitrogens with two attached hydrogens (primary N) is 4. The first-order valence-electron chi connectivity index (χ1n) is 21.7. The lowest BCUT2D eigenvalue weighted by Crippen LogP contribution is -2.15. The molecule has 0 spiro atoms. The van der Waals surface area contributed by atoms with Gasteiger partial charge in [0, 0.05) is 79.7 Å². The fraction of sp³-hybridized carbons (Fsp3) is 0.231. The van der Waals surface area contributed by atoms with Gasteiger partial charge in [-0.1, -0.05) is 6.08 Å². The summed E-state index contributed by atoms with van der Waals surface area (Å²) in [5, 5.41) is 10.9. The number of nitro benzene ring substituents is 1. The van der Waals surface area contributed by atoms with E-state index in [9.17, 15) is 24.1 Å². The molecular weight excluding hydrogens is 920 g/mol. The third-order valence-electron chi connectivity index (χ3n) is 9.68. The van der Waals surface area contributed by atoms with Crippen molar-refractivity contribution in [1.29, 1.82) is 0 Å². The van der Waals surface area contributed by atoms with Gasteiger partial charge in [-0.15, -0.1) is 0 Å². The smallest absolute Gasteiger partial charge is 0.347 e. The standard InChI is InChI=1S/C34H32N2O10.C11H18N2O.C7H9FN2O/c1-20(2)44-32-16-22(35)9-14-28(32)34(38)45-24-12-15-27(31(17-24)43-5)33(37)46-25-18-29(41-3)26(30(19-25)42-4)13-8-21-6-10-23(11-7-21)36(39)40;1-8(2)14-11-7-9(13(3)4)5-6-10(11)12;1-11-6-3-4(9)2-5(8)7(6)10/h6-20H,35H2,1-5H3;5-8H,12H2,1-4H3;2-3H,9-10H2,1H3/b13-8+;;. The van der Waals surface area contributed by atoms with E-state index in [4.69, 9.17) is 60.8 Å². The molecule has 0 bridgehead atoms. The van der Waals surface area contributed by atoms with Gasteiger partial charge >= 0.3 is 11.9 Å². The van der Waals surface area contributed by atoms with Crippen molar-refractivity contribution in [2.24, 2.45) is 0 Å². The first-order valence-corrected chi connectivity index (χ1v) is 21.7. The van der Waals surface area contributed by atoms with Crippen LogP contribution < -0.4 is 65.7 Å². The van der Waals surface area contributed by atoms with E-state index in [-0.39, 0.29) is 63.5 Å². The van der Waals surface area contributed by atoms with E-state index >= 15 is 0 Å². The van der Waals surface area contributed by atoms with Gasteiger partial charge < -0.3 is 65.7 Å². The maximum atomic E-state index is 13.2. The van der Waals surface area contributed by atoms with Gasteiger partial charge in [-0.25, -0.2) is 14.0 Å². The number of nitrogens with zero attached hydrogens (tertiary/aromatic N) is 2. The van der Waals surface area contributed by atoms with Gasteiger partial charge in [-0.2, -0.15) is 0 Å². The number of nitro groups is 1. The van der Waals surface area contributed by atoms with E-state index in [1.165, 1.54) is 83.0 Å². The Balaban J connectivity index is 0.000000354. The quantitative estimate of drug-likeness (QED) is 0.0176. The molecule has 19 heteroatoms. The molecule has 0 unspecified atom stereocenters. The fourth-order valence-electron chi connectivity index (χ4n) is 6.25. The number of benzene rings is 6. The van der Waals surface area contributed by atoms with Crippen LogP contribution in [0.5, 0.6) is 46.0 Å². The molecule has 0 heterocycles. The first kappa shape index (κ1) is 54.7. The largest absolute Gasteiger partial charge is 0.496 e. The van der Waals surface area contributed by atoms with Gasteiger partial charge in [0.15, 0.2) is 5.82 Å². The second-order valence-electron chi connectivity index (χ2n) is 15.9. The number of ether oxygens (including phenoxy) is 8. The lowest BCUT2D eigenvalue weighted by Gasteiger charge is -2.17. The van der Waals surface area contributed by atoms with Crippen LogP contribution >= 0.6 is 0 Å². The first-order chi connectivity index (χ1) is 33.7. The maximum Gasteiger partial charge on any atom is 0.347 e. The number of carbonyl (C=O) groups excluding carboxylic acids is 2. The Bertz CT molecular complexity index is 2810. The van der Waals surface area contributed by atoms with Crippen LogP contribution in [0.15, 0.2) is 103 Å². The maximum absolute atomic E-state index is 13.2. The van der Waals surface area contributed by atoms with Gasteiger partial charge in [0.2, 0.25) is 0 Å². The molecule has 0 atom stereocenters. The van der Waals surface area contributed by atoms with E-state index < -0.39 is 22.7 Å². The summed E-state index contributed by atoms with van der Waals surface area (Å²) in [6, 6.07) is 26.3. The van der Waals surface area contributed by atoms with Gasteiger partial charge in [0.1, 0.15) is 62.8 Å². The molecule has 18 nitrogen and oxygen atoms in total. The molecule has 0 aliphatic rings. The summed E-state index contributed by atoms with van der Waals surface area (Å²) in [6.45, 7) is 7.62. The zero-order chi connectivity index (χ0) is 52.5. The van der Waals surface area contributed by atoms with Crippen LogP contribution in [0.25, 0.3) is 12.2 Å². The van der Waals surface area contributed by atoms with Crippen molar-refractivity contribution in [3.63, 3.8) is 0 Å². The van der Waals surface area contributed by atoms with Crippen molar-refractivity contribution in [1.82, 2.24) is 0 Å². The highest BCUT2D eigenvalue weighted by Gasteiger charge is 2.21. The van der Waals surface area contributed by atoms with Crippen molar-refractivity contribution in [2.75, 3.05) is 70.4 Å². The molecule has 0 aliphatic carbocycles. The van der Waals surface area contributed by atoms with Gasteiger partial charge in [-0.3, -0.25) is 10.1 Å². The Morgan fingerprint density at radius 1 is 0.592 bits per heavy atom. The van der Waals surface area contributed by atoms with Crippen molar-refractivity contribution < 1.29 is 56.8 Å². The van der Waals surface area contributed by atoms with Crippen molar-refractivity contribution in [3.05, 3.63) is 141 Å². The summed E-state index contributed by atoms with van der Waals surface area (Å²) >= 11 is 0. The minimum absolute atomic E-state index is 0.0123. The second kappa shape index (κ2) is 25.5. The van der Waals surface area contributed by atoms with Gasteiger partial charge in [-0.05, 0) is 93.9 Å². The second-order valence-corrected chi connectivity index (χ2v) is 15.9. The fourth-order valence-corrected chi connectivity index (χ4v) is 6.25. The number of hydrogen-bond acceptors (Lipinski definition) is 17. The summed E-state index contributed by atoms with van der Waals surface area (Å²) in [5.74, 6) is 0.363. The lowest BCUT2D eigenvalue weighted by molar-refractivity contribution is -0.384. The highest BCUT2D eigenvalue weighted by molar-refractivity contribution is 5.96. The van der Waals surface area contributed by atoms with E-state index in [0.29, 0.717) is 39.7 Å². The zero-order valence-electron chi connectivity index (χ0n) is 41.1. The third-order valence-corrected chi connectivity index (χ3v) is 9.68. The van der Waals surface area contributed by atoms with E-state index in [0.717, 1.165) is 17.5 Å². The third kappa shape index (κ3) is 15.6. The van der Waals surface area contributed by atoms with Crippen LogP contribution in [0.2, 0.25) is 0 Å². The average molecular weight is 979 g/mol. The van der Waals surface area contributed by atoms with Crippen LogP contribution in [0.4, 0.5) is 38.5 Å². The molecule has 6 aromatic carbocycles. The van der Waals surface area contributed by atoms with Gasteiger partial charge in [0.05, 0.1) is 56.8 Å². The predicted molar refractivity (Wildman–Crippen MR) is 274 cm³/mol. The molecule has 0 fully saturated rings. The summed E-state index contributed by atoms with van der Waals surface area (Å²) in [4.78, 5) is 38.7. The molecule has 0 saturated carbocycles. The Labute approximate surface area is 411 Å². The minimum Gasteiger partial charge on any atom is -0.496 e. The van der Waals surface area contributed by atoms with E-state index in [1.807, 2.05) is 64.9 Å². The van der Waals surface area contributed by atoms with Crippen LogP contribution in [0.1, 0.15) is 59.5 Å². The topological polar surface area (TPSA) is 258 Å². The van der Waals surface area contributed by atoms with E-state index in [2.05, 4.69) is 0 Å². The van der Waals surface area contributed by atoms with Crippen LogP contribution in [-0.2, 0) is 0 Å². The van der Waals surface area contributed by atoms with Crippen molar-refractivity contribution in [3.8, 4) is 46.0 Å². The predicted octanol–water partition coefficient (Wildman–Crippen LogP) is 9.72. The van der Waals surface area contributed by atoms with Crippen molar-refractivity contribution >= 4 is 58.2 Å². The average Bonchev–Trinajstić information content (AvgIpc) is 3.32. The number of hydrogen-bond donors (Lipinski definition) is 4. The molecule has 8 N–H and O–H groups in total. The number of halogens is 1. The Hall–Kier alpha value is -8.87. The monoisotopic (exact) mass is 978 g/mol. The molecule has 0 radical (unpaired) electrons. The SMILES string of the molecule is CC(C)Oc1cc(N(C)C)ccc1N.COc1cc(N)cc(F)c1N.COc1cc(OC(=O)c2ccc(N)cc2OC(C)C)ccc1C(=O)Oc1cc(OC)c(/C=C/c2ccc([N+](=O)[O-])cc2)c(OC)c1. The Morgan fingerprint density at radius 3 is 1.66 bits per heavy atom. The van der Waals surface area contributed by atoms with Crippen LogP contribution in [0.3, 0.4) is 0 Å². The van der Waals surface area contributed by atoms with Gasteiger partial charge in [0.25, 0.3) is 5.69 Å². The summed E-state index contributed by atoms with van der Waals surface area (Å²) in [6.07, 6.45) is 3.40. The summed E-state index contributed by atoms with van der Waals surface area (Å²) in [7, 11) is 9.66. The number of rotatable bonds is 16. The number of esters is 2. The van der Waals surface area contributed by atoms with Crippen LogP contribution in [-0.4, -0.2) is 71.6 Å². The molecule has 0 amide bonds. The Kier molecular flexibility index (Phi) is 19.6. The molecule has 0 aliphatic heterocycles. The Morgan fingerprint density at radius 2 is 1.11 bits per heavy atom. The van der Waals surface area contributed by atoms with Crippen LogP contribution in [0, 0.1) is 15.9 Å². The minimum atomic E-state index is -0.751. The molecule has 6 aromatic rings.